The molecule has 13 heavy (non-hydrogen) atoms. The SMILES string of the molecule is CC1COc2ccc(I)cc2C1=O. The molecule has 2 rings (SSSR count). The predicted octanol–water partition coefficient (Wildman–Crippen LogP) is 2.50. The zero-order valence-corrected chi connectivity index (χ0v) is 9.37. The highest BCUT2D eigenvalue weighted by atomic mass is 127. The van der Waals surface area contributed by atoms with Gasteiger partial charge in [0.1, 0.15) is 5.75 Å². The van der Waals surface area contributed by atoms with Gasteiger partial charge in [-0.15, -0.1) is 0 Å². The van der Waals surface area contributed by atoms with E-state index >= 15 is 0 Å². The number of fused-ring (bicyclic) bond motifs is 1. The van der Waals surface area contributed by atoms with Crippen molar-refractivity contribution < 1.29 is 9.53 Å². The second-order valence-corrected chi connectivity index (χ2v) is 4.46. The Balaban J connectivity index is 2.51. The molecular weight excluding hydrogens is 279 g/mol. The Morgan fingerprint density at radius 2 is 2.31 bits per heavy atom. The minimum Gasteiger partial charge on any atom is -0.492 e. The molecule has 0 amide bonds. The van der Waals surface area contributed by atoms with E-state index in [9.17, 15) is 4.79 Å². The van der Waals surface area contributed by atoms with Crippen LogP contribution in [0.4, 0.5) is 0 Å². The van der Waals surface area contributed by atoms with Gasteiger partial charge in [0, 0.05) is 3.57 Å². The number of hydrogen-bond donors (Lipinski definition) is 0. The van der Waals surface area contributed by atoms with Crippen LogP contribution >= 0.6 is 22.6 Å². The minimum atomic E-state index is -0.00861. The van der Waals surface area contributed by atoms with E-state index in [4.69, 9.17) is 4.74 Å². The third kappa shape index (κ3) is 1.57. The lowest BCUT2D eigenvalue weighted by atomic mass is 9.97. The summed E-state index contributed by atoms with van der Waals surface area (Å²) in [5.74, 6) is 0.911. The van der Waals surface area contributed by atoms with Crippen molar-refractivity contribution >= 4 is 28.4 Å². The number of benzene rings is 1. The highest BCUT2D eigenvalue weighted by Crippen LogP contribution is 2.28. The third-order valence-corrected chi connectivity index (χ3v) is 2.81. The molecule has 1 atom stereocenters. The molecular formula is C10H9IO2. The molecule has 0 aliphatic carbocycles. The van der Waals surface area contributed by atoms with Gasteiger partial charge < -0.3 is 4.74 Å². The number of ether oxygens (including phenoxy) is 1. The molecule has 0 saturated carbocycles. The van der Waals surface area contributed by atoms with Crippen LogP contribution in [0.3, 0.4) is 0 Å². The average Bonchev–Trinajstić information content (AvgIpc) is 2.12. The molecule has 0 radical (unpaired) electrons. The van der Waals surface area contributed by atoms with Gasteiger partial charge in [-0.2, -0.15) is 0 Å². The van der Waals surface area contributed by atoms with Crippen LogP contribution in [0.2, 0.25) is 0 Å². The zero-order valence-electron chi connectivity index (χ0n) is 7.21. The first-order chi connectivity index (χ1) is 6.18. The molecule has 1 aromatic rings. The van der Waals surface area contributed by atoms with Crippen molar-refractivity contribution in [2.75, 3.05) is 6.61 Å². The molecule has 1 aromatic carbocycles. The topological polar surface area (TPSA) is 26.3 Å². The molecule has 1 aliphatic rings. The maximum absolute atomic E-state index is 11.7. The summed E-state index contributed by atoms with van der Waals surface area (Å²) in [5, 5.41) is 0. The lowest BCUT2D eigenvalue weighted by Gasteiger charge is -2.21. The second kappa shape index (κ2) is 3.29. The van der Waals surface area contributed by atoms with Crippen LogP contribution in [0.5, 0.6) is 5.75 Å². The summed E-state index contributed by atoms with van der Waals surface area (Å²) >= 11 is 2.20. The molecule has 1 heterocycles. The molecule has 0 spiro atoms. The van der Waals surface area contributed by atoms with Crippen LogP contribution in [-0.4, -0.2) is 12.4 Å². The number of hydrogen-bond acceptors (Lipinski definition) is 2. The summed E-state index contributed by atoms with van der Waals surface area (Å²) in [6, 6.07) is 5.69. The van der Waals surface area contributed by atoms with E-state index in [0.717, 1.165) is 14.9 Å². The third-order valence-electron chi connectivity index (χ3n) is 2.14. The van der Waals surface area contributed by atoms with Crippen LogP contribution in [0, 0.1) is 9.49 Å². The molecule has 0 bridgehead atoms. The largest absolute Gasteiger partial charge is 0.492 e. The average molecular weight is 288 g/mol. The first kappa shape index (κ1) is 8.99. The van der Waals surface area contributed by atoms with Gasteiger partial charge in [-0.05, 0) is 40.8 Å². The van der Waals surface area contributed by atoms with Gasteiger partial charge in [-0.3, -0.25) is 4.79 Å². The lowest BCUT2D eigenvalue weighted by Crippen LogP contribution is -2.25. The maximum atomic E-state index is 11.7. The van der Waals surface area contributed by atoms with Crippen LogP contribution < -0.4 is 4.74 Å². The van der Waals surface area contributed by atoms with Gasteiger partial charge in [0.05, 0.1) is 18.1 Å². The van der Waals surface area contributed by atoms with Gasteiger partial charge in [0.25, 0.3) is 0 Å². The van der Waals surface area contributed by atoms with Gasteiger partial charge in [-0.1, -0.05) is 6.92 Å². The van der Waals surface area contributed by atoms with Crippen molar-refractivity contribution in [3.05, 3.63) is 27.3 Å². The highest BCUT2D eigenvalue weighted by molar-refractivity contribution is 14.1. The Kier molecular flexibility index (Phi) is 2.27. The Hall–Kier alpha value is -0.580. The van der Waals surface area contributed by atoms with E-state index in [1.807, 2.05) is 25.1 Å². The van der Waals surface area contributed by atoms with E-state index in [1.165, 1.54) is 0 Å². The fourth-order valence-corrected chi connectivity index (χ4v) is 1.87. The van der Waals surface area contributed by atoms with Crippen molar-refractivity contribution in [2.24, 2.45) is 5.92 Å². The van der Waals surface area contributed by atoms with Crippen molar-refractivity contribution in [3.63, 3.8) is 0 Å². The summed E-state index contributed by atoms with van der Waals surface area (Å²) in [7, 11) is 0. The molecule has 1 aliphatic heterocycles. The van der Waals surface area contributed by atoms with E-state index in [1.54, 1.807) is 0 Å². The van der Waals surface area contributed by atoms with Gasteiger partial charge in [-0.25, -0.2) is 0 Å². The van der Waals surface area contributed by atoms with E-state index in [2.05, 4.69) is 22.6 Å². The van der Waals surface area contributed by atoms with Gasteiger partial charge in [0.15, 0.2) is 5.78 Å². The zero-order chi connectivity index (χ0) is 9.42. The molecule has 0 N–H and O–H groups in total. The maximum Gasteiger partial charge on any atom is 0.172 e. The molecule has 68 valence electrons. The fraction of sp³-hybridized carbons (Fsp3) is 0.300. The quantitative estimate of drug-likeness (QED) is 0.686. The molecule has 2 nitrogen and oxygen atoms in total. The summed E-state index contributed by atoms with van der Waals surface area (Å²) < 4.78 is 6.51. The van der Waals surface area contributed by atoms with Crippen molar-refractivity contribution in [1.29, 1.82) is 0 Å². The second-order valence-electron chi connectivity index (χ2n) is 3.22. The number of carbonyl (C=O) groups excluding carboxylic acids is 1. The van der Waals surface area contributed by atoms with Gasteiger partial charge >= 0.3 is 0 Å². The van der Waals surface area contributed by atoms with Crippen molar-refractivity contribution in [1.82, 2.24) is 0 Å². The number of ketones is 1. The van der Waals surface area contributed by atoms with Crippen LogP contribution in [0.15, 0.2) is 18.2 Å². The number of carbonyl (C=O) groups is 1. The fourth-order valence-electron chi connectivity index (χ4n) is 1.38. The Bertz CT molecular complexity index is 360. The smallest absolute Gasteiger partial charge is 0.172 e. The molecule has 0 aromatic heterocycles. The monoisotopic (exact) mass is 288 g/mol. The standard InChI is InChI=1S/C10H9IO2/c1-6-5-13-9-3-2-7(11)4-8(9)10(6)12/h2-4,6H,5H2,1H3. The van der Waals surface area contributed by atoms with E-state index in [-0.39, 0.29) is 11.7 Å². The normalized spacial score (nSPS) is 20.8. The Morgan fingerprint density at radius 1 is 1.54 bits per heavy atom. The predicted molar refractivity (Wildman–Crippen MR) is 58.1 cm³/mol. The van der Waals surface area contributed by atoms with Crippen LogP contribution in [-0.2, 0) is 0 Å². The summed E-state index contributed by atoms with van der Waals surface area (Å²) in [6.45, 7) is 2.40. The number of halogens is 1. The van der Waals surface area contributed by atoms with Gasteiger partial charge in [0.2, 0.25) is 0 Å². The first-order valence-corrected chi connectivity index (χ1v) is 5.23. The Morgan fingerprint density at radius 3 is 3.08 bits per heavy atom. The number of Topliss-reactive ketones (excluding diaryl/α,β-unsaturated/α-hetero) is 1. The number of rotatable bonds is 0. The minimum absolute atomic E-state index is 0.00861. The van der Waals surface area contributed by atoms with Crippen LogP contribution in [0.25, 0.3) is 0 Å². The molecule has 0 saturated heterocycles. The molecule has 3 heteroatoms. The van der Waals surface area contributed by atoms with Crippen molar-refractivity contribution in [3.8, 4) is 5.75 Å². The van der Waals surface area contributed by atoms with E-state index in [0.29, 0.717) is 6.61 Å². The van der Waals surface area contributed by atoms with Crippen LogP contribution in [0.1, 0.15) is 17.3 Å². The first-order valence-electron chi connectivity index (χ1n) is 4.15. The highest BCUT2D eigenvalue weighted by Gasteiger charge is 2.24. The Labute approximate surface area is 90.4 Å². The molecule has 0 fully saturated rings. The summed E-state index contributed by atoms with van der Waals surface area (Å²) in [5.41, 5.74) is 0.727. The van der Waals surface area contributed by atoms with E-state index < -0.39 is 0 Å². The molecule has 1 unspecified atom stereocenters. The summed E-state index contributed by atoms with van der Waals surface area (Å²) in [4.78, 5) is 11.7. The lowest BCUT2D eigenvalue weighted by molar-refractivity contribution is 0.0848. The van der Waals surface area contributed by atoms with Crippen molar-refractivity contribution in [2.45, 2.75) is 6.92 Å². The summed E-state index contributed by atoms with van der Waals surface area (Å²) in [6.07, 6.45) is 0.